The van der Waals surface area contributed by atoms with Crippen LogP contribution in [0, 0.1) is 11.8 Å². The molecular formula is C23H44O7. The molecule has 0 aliphatic carbocycles. The molecule has 0 bridgehead atoms. The van der Waals surface area contributed by atoms with Crippen LogP contribution in [0.15, 0.2) is 25.3 Å². The molecule has 0 aliphatic rings. The third kappa shape index (κ3) is 19.6. The van der Waals surface area contributed by atoms with Crippen molar-refractivity contribution in [1.82, 2.24) is 0 Å². The van der Waals surface area contributed by atoms with E-state index in [0.717, 1.165) is 50.7 Å². The Bertz CT molecular complexity index is 433. The van der Waals surface area contributed by atoms with Crippen molar-refractivity contribution >= 4 is 11.9 Å². The average molecular weight is 433 g/mol. The summed E-state index contributed by atoms with van der Waals surface area (Å²) in [7, 11) is 1.31. The van der Waals surface area contributed by atoms with E-state index in [4.69, 9.17) is 9.84 Å². The molecular weight excluding hydrogens is 388 g/mol. The molecule has 30 heavy (non-hydrogen) atoms. The van der Waals surface area contributed by atoms with Gasteiger partial charge in [0.05, 0.1) is 25.9 Å². The van der Waals surface area contributed by atoms with Crippen molar-refractivity contribution in [2.75, 3.05) is 20.3 Å². The Morgan fingerprint density at radius 3 is 1.57 bits per heavy atom. The molecule has 0 saturated heterocycles. The van der Waals surface area contributed by atoms with Crippen molar-refractivity contribution in [3.63, 3.8) is 0 Å². The number of methoxy groups -OCH3 is 1. The summed E-state index contributed by atoms with van der Waals surface area (Å²) in [5, 5.41) is 27.8. The Morgan fingerprint density at radius 1 is 0.867 bits per heavy atom. The van der Waals surface area contributed by atoms with Gasteiger partial charge in [0.2, 0.25) is 0 Å². The third-order valence-electron chi connectivity index (χ3n) is 4.51. The van der Waals surface area contributed by atoms with Crippen LogP contribution in [0.4, 0.5) is 0 Å². The van der Waals surface area contributed by atoms with E-state index >= 15 is 0 Å². The van der Waals surface area contributed by atoms with Gasteiger partial charge in [0, 0.05) is 30.6 Å². The van der Waals surface area contributed by atoms with Crippen molar-refractivity contribution < 1.29 is 34.4 Å². The maximum Gasteiger partial charge on any atom is 0.330 e. The largest absolute Gasteiger partial charge is 0.466 e. The Labute approximate surface area is 182 Å². The molecule has 0 aromatic rings. The molecule has 0 heterocycles. The second kappa shape index (κ2) is 23.6. The summed E-state index contributed by atoms with van der Waals surface area (Å²) in [6.45, 7) is 14.9. The van der Waals surface area contributed by atoms with Crippen LogP contribution >= 0.6 is 0 Å². The third-order valence-corrected chi connectivity index (χ3v) is 4.51. The van der Waals surface area contributed by atoms with Gasteiger partial charge in [-0.15, -0.1) is 0 Å². The number of aliphatic hydroxyl groups excluding tert-OH is 3. The summed E-state index contributed by atoms with van der Waals surface area (Å²) in [4.78, 5) is 20.6. The number of rotatable bonds is 13. The van der Waals surface area contributed by atoms with E-state index in [-0.39, 0.29) is 37.3 Å². The molecule has 0 aromatic carbocycles. The molecule has 4 unspecified atom stereocenters. The van der Waals surface area contributed by atoms with Crippen LogP contribution in [-0.2, 0) is 19.1 Å². The fraction of sp³-hybridized carbons (Fsp3) is 0.739. The van der Waals surface area contributed by atoms with Gasteiger partial charge in [0.25, 0.3) is 0 Å². The summed E-state index contributed by atoms with van der Waals surface area (Å²) >= 11 is 0. The molecule has 0 rings (SSSR count). The maximum atomic E-state index is 10.8. The number of hydrogen-bond donors (Lipinski definition) is 3. The molecule has 7 heteroatoms. The van der Waals surface area contributed by atoms with Crippen LogP contribution < -0.4 is 0 Å². The molecule has 0 amide bonds. The summed E-state index contributed by atoms with van der Waals surface area (Å²) in [6.07, 6.45) is 6.72. The van der Waals surface area contributed by atoms with E-state index in [2.05, 4.69) is 17.9 Å². The standard InChI is InChI=1S/C11H20O3.C8H18O2.C4H6O2/c1-4-7-10(12)9(5-2)8-14-11(13)6-3;1-3-5-8(10)7(4-2)6-9;1-3-4(5)6-2/h6,9-10,12H,3-5,7-8H2,1-2H3;7-10H,3-6H2,1-2H3;3H,1H2,2H3. The first-order chi connectivity index (χ1) is 14.2. The summed E-state index contributed by atoms with van der Waals surface area (Å²) in [5.74, 6) is -0.694. The second-order valence-corrected chi connectivity index (χ2v) is 6.79. The number of carbonyl (C=O) groups is 2. The van der Waals surface area contributed by atoms with E-state index in [1.54, 1.807) is 0 Å². The number of hydrogen-bond acceptors (Lipinski definition) is 7. The van der Waals surface area contributed by atoms with Crippen molar-refractivity contribution in [1.29, 1.82) is 0 Å². The molecule has 0 aliphatic heterocycles. The Hall–Kier alpha value is -1.70. The normalized spacial score (nSPS) is 13.7. The van der Waals surface area contributed by atoms with Gasteiger partial charge in [-0.25, -0.2) is 9.59 Å². The first kappa shape index (κ1) is 33.0. The van der Waals surface area contributed by atoms with E-state index < -0.39 is 11.9 Å². The van der Waals surface area contributed by atoms with Gasteiger partial charge < -0.3 is 24.8 Å². The summed E-state index contributed by atoms with van der Waals surface area (Å²) in [6, 6.07) is 0. The monoisotopic (exact) mass is 432 g/mol. The van der Waals surface area contributed by atoms with Crippen molar-refractivity contribution in [2.24, 2.45) is 11.8 Å². The fourth-order valence-corrected chi connectivity index (χ4v) is 2.42. The maximum absolute atomic E-state index is 10.8. The molecule has 7 nitrogen and oxygen atoms in total. The van der Waals surface area contributed by atoms with Crippen LogP contribution in [0.25, 0.3) is 0 Å². The SMILES string of the molecule is C=CC(=O)OC.C=CC(=O)OCC(CC)C(O)CCC.CCCC(O)C(CC)CO. The lowest BCUT2D eigenvalue weighted by atomic mass is 9.97. The predicted molar refractivity (Wildman–Crippen MR) is 120 cm³/mol. The minimum atomic E-state index is -0.424. The highest BCUT2D eigenvalue weighted by atomic mass is 16.5. The molecule has 0 radical (unpaired) electrons. The van der Waals surface area contributed by atoms with Crippen molar-refractivity contribution in [3.8, 4) is 0 Å². The number of aliphatic hydroxyl groups is 3. The lowest BCUT2D eigenvalue weighted by Gasteiger charge is -2.20. The smallest absolute Gasteiger partial charge is 0.330 e. The quantitative estimate of drug-likeness (QED) is 0.302. The highest BCUT2D eigenvalue weighted by Gasteiger charge is 2.17. The Kier molecular flexibility index (Phi) is 25.9. The van der Waals surface area contributed by atoms with Crippen LogP contribution in [0.3, 0.4) is 0 Å². The van der Waals surface area contributed by atoms with Gasteiger partial charge in [0.1, 0.15) is 0 Å². The van der Waals surface area contributed by atoms with Gasteiger partial charge in [-0.1, -0.05) is 53.7 Å². The van der Waals surface area contributed by atoms with E-state index in [0.29, 0.717) is 0 Å². The van der Waals surface area contributed by atoms with Gasteiger partial charge in [-0.2, -0.15) is 0 Å². The number of esters is 2. The lowest BCUT2D eigenvalue weighted by molar-refractivity contribution is -0.140. The zero-order valence-corrected chi connectivity index (χ0v) is 19.5. The molecule has 178 valence electrons. The molecule has 0 fully saturated rings. The first-order valence-corrected chi connectivity index (χ1v) is 10.7. The fourth-order valence-electron chi connectivity index (χ4n) is 2.42. The molecule has 0 spiro atoms. The topological polar surface area (TPSA) is 113 Å². The second-order valence-electron chi connectivity index (χ2n) is 6.79. The minimum Gasteiger partial charge on any atom is -0.466 e. The number of carbonyl (C=O) groups excluding carboxylic acids is 2. The zero-order chi connectivity index (χ0) is 23.9. The highest BCUT2D eigenvalue weighted by molar-refractivity contribution is 5.81. The molecule has 0 aromatic heterocycles. The van der Waals surface area contributed by atoms with E-state index in [1.807, 2.05) is 27.7 Å². The predicted octanol–water partition coefficient (Wildman–Crippen LogP) is 3.41. The molecule has 4 atom stereocenters. The summed E-state index contributed by atoms with van der Waals surface area (Å²) in [5.41, 5.74) is 0. The average Bonchev–Trinajstić information content (AvgIpc) is 2.75. The van der Waals surface area contributed by atoms with Crippen LogP contribution in [0.5, 0.6) is 0 Å². The first-order valence-electron chi connectivity index (χ1n) is 10.7. The Morgan fingerprint density at radius 2 is 1.30 bits per heavy atom. The Balaban J connectivity index is -0.000000397. The van der Waals surface area contributed by atoms with Gasteiger partial charge in [0.15, 0.2) is 0 Å². The van der Waals surface area contributed by atoms with Crippen molar-refractivity contribution in [2.45, 2.75) is 78.4 Å². The van der Waals surface area contributed by atoms with Crippen LogP contribution in [0.2, 0.25) is 0 Å². The van der Waals surface area contributed by atoms with Crippen molar-refractivity contribution in [3.05, 3.63) is 25.3 Å². The molecule has 3 N–H and O–H groups in total. The van der Waals surface area contributed by atoms with Crippen LogP contribution in [-0.4, -0.2) is 59.8 Å². The number of ether oxygens (including phenoxy) is 2. The summed E-state index contributed by atoms with van der Waals surface area (Å²) < 4.78 is 9.04. The van der Waals surface area contributed by atoms with E-state index in [9.17, 15) is 19.8 Å². The minimum absolute atomic E-state index is 0.0406. The van der Waals surface area contributed by atoms with Gasteiger partial charge in [-0.05, 0) is 25.7 Å². The van der Waals surface area contributed by atoms with Crippen LogP contribution in [0.1, 0.15) is 66.2 Å². The lowest BCUT2D eigenvalue weighted by Crippen LogP contribution is -2.25. The van der Waals surface area contributed by atoms with Gasteiger partial charge in [-0.3, -0.25) is 0 Å². The van der Waals surface area contributed by atoms with Gasteiger partial charge >= 0.3 is 11.9 Å². The zero-order valence-electron chi connectivity index (χ0n) is 19.5. The highest BCUT2D eigenvalue weighted by Crippen LogP contribution is 2.14. The molecule has 0 saturated carbocycles. The van der Waals surface area contributed by atoms with E-state index in [1.165, 1.54) is 7.11 Å².